The van der Waals surface area contributed by atoms with Crippen molar-refractivity contribution in [2.45, 2.75) is 24.2 Å². The third-order valence-electron chi connectivity index (χ3n) is 4.21. The number of halogens is 1. The topological polar surface area (TPSA) is 80.2 Å². The van der Waals surface area contributed by atoms with Gasteiger partial charge in [-0.05, 0) is 18.2 Å². The molecule has 1 aliphatic rings. The van der Waals surface area contributed by atoms with Crippen molar-refractivity contribution in [1.82, 2.24) is 14.9 Å². The number of carbonyl (C=O) groups excluding carboxylic acids is 1. The number of thioether (sulfide) groups is 1. The molecule has 9 heteroatoms. The lowest BCUT2D eigenvalue weighted by Crippen LogP contribution is -2.41. The number of amides is 1. The summed E-state index contributed by atoms with van der Waals surface area (Å²) >= 11 is 7.47. The molecular weight excluding hydrogens is 394 g/mol. The first kappa shape index (κ1) is 19.1. The highest BCUT2D eigenvalue weighted by Crippen LogP contribution is 2.25. The van der Waals surface area contributed by atoms with Gasteiger partial charge in [0.1, 0.15) is 0 Å². The highest BCUT2D eigenvalue weighted by molar-refractivity contribution is 7.98. The SMILES string of the molecule is CSc1ncc(Cl)c(C(=O)N(Cc2ccccc2)[C@@H]2CCS(=O)(=O)C2)n1. The summed E-state index contributed by atoms with van der Waals surface area (Å²) in [7, 11) is -3.14. The maximum absolute atomic E-state index is 13.2. The van der Waals surface area contributed by atoms with E-state index in [4.69, 9.17) is 11.6 Å². The molecule has 0 spiro atoms. The van der Waals surface area contributed by atoms with Gasteiger partial charge in [-0.3, -0.25) is 4.79 Å². The molecule has 0 N–H and O–H groups in total. The molecule has 0 unspecified atom stereocenters. The van der Waals surface area contributed by atoms with Crippen LogP contribution >= 0.6 is 23.4 Å². The van der Waals surface area contributed by atoms with Gasteiger partial charge in [0.15, 0.2) is 20.7 Å². The first-order chi connectivity index (χ1) is 12.4. The highest BCUT2D eigenvalue weighted by atomic mass is 35.5. The van der Waals surface area contributed by atoms with Gasteiger partial charge < -0.3 is 4.90 Å². The van der Waals surface area contributed by atoms with Gasteiger partial charge in [0, 0.05) is 12.6 Å². The van der Waals surface area contributed by atoms with Crippen molar-refractivity contribution in [3.63, 3.8) is 0 Å². The van der Waals surface area contributed by atoms with E-state index in [-0.39, 0.29) is 28.1 Å². The van der Waals surface area contributed by atoms with Crippen LogP contribution in [0.5, 0.6) is 0 Å². The molecule has 6 nitrogen and oxygen atoms in total. The van der Waals surface area contributed by atoms with Crippen molar-refractivity contribution >= 4 is 39.1 Å². The maximum Gasteiger partial charge on any atom is 0.274 e. The van der Waals surface area contributed by atoms with Crippen molar-refractivity contribution in [3.05, 3.63) is 52.8 Å². The zero-order valence-corrected chi connectivity index (χ0v) is 16.5. The Morgan fingerprint density at radius 2 is 2.08 bits per heavy atom. The van der Waals surface area contributed by atoms with Crippen LogP contribution in [0, 0.1) is 0 Å². The molecule has 3 rings (SSSR count). The summed E-state index contributed by atoms with van der Waals surface area (Å²) in [4.78, 5) is 23.0. The minimum absolute atomic E-state index is 0.0380. The summed E-state index contributed by atoms with van der Waals surface area (Å²) < 4.78 is 23.9. The van der Waals surface area contributed by atoms with E-state index in [9.17, 15) is 13.2 Å². The molecule has 1 fully saturated rings. The normalized spacial score (nSPS) is 18.6. The van der Waals surface area contributed by atoms with Crippen LogP contribution in [0.1, 0.15) is 22.5 Å². The van der Waals surface area contributed by atoms with E-state index in [1.54, 1.807) is 4.90 Å². The molecule has 26 heavy (non-hydrogen) atoms. The molecule has 1 aromatic carbocycles. The number of hydrogen-bond donors (Lipinski definition) is 0. The molecule has 1 saturated heterocycles. The lowest BCUT2D eigenvalue weighted by molar-refractivity contribution is 0.0674. The van der Waals surface area contributed by atoms with Gasteiger partial charge in [0.05, 0.1) is 22.7 Å². The van der Waals surface area contributed by atoms with Gasteiger partial charge >= 0.3 is 0 Å². The molecule has 0 aliphatic carbocycles. The third kappa shape index (κ3) is 4.36. The van der Waals surface area contributed by atoms with E-state index >= 15 is 0 Å². The predicted octanol–water partition coefficient (Wildman–Crippen LogP) is 2.68. The second-order valence-corrected chi connectivity index (χ2v) is 9.44. The van der Waals surface area contributed by atoms with Gasteiger partial charge in [-0.15, -0.1) is 0 Å². The number of sulfone groups is 1. The summed E-state index contributed by atoms with van der Waals surface area (Å²) in [5.74, 6) is -0.327. The van der Waals surface area contributed by atoms with Crippen molar-refractivity contribution < 1.29 is 13.2 Å². The molecule has 0 radical (unpaired) electrons. The molecule has 2 heterocycles. The first-order valence-electron chi connectivity index (χ1n) is 8.01. The first-order valence-corrected chi connectivity index (χ1v) is 11.4. The van der Waals surface area contributed by atoms with Crippen molar-refractivity contribution in [3.8, 4) is 0 Å². The highest BCUT2D eigenvalue weighted by Gasteiger charge is 2.36. The van der Waals surface area contributed by atoms with Crippen LogP contribution in [0.25, 0.3) is 0 Å². The summed E-state index contributed by atoms with van der Waals surface area (Å²) in [5, 5.41) is 0.600. The Morgan fingerprint density at radius 1 is 1.35 bits per heavy atom. The summed E-state index contributed by atoms with van der Waals surface area (Å²) in [6.07, 6.45) is 3.63. The lowest BCUT2D eigenvalue weighted by Gasteiger charge is -2.28. The monoisotopic (exact) mass is 411 g/mol. The molecule has 138 valence electrons. The van der Waals surface area contributed by atoms with E-state index in [1.165, 1.54) is 18.0 Å². The average molecular weight is 412 g/mol. The Labute approximate surface area is 161 Å². The minimum atomic E-state index is -3.14. The molecule has 1 aliphatic heterocycles. The third-order valence-corrected chi connectivity index (χ3v) is 6.80. The van der Waals surface area contributed by atoms with Crippen LogP contribution in [0.2, 0.25) is 5.02 Å². The van der Waals surface area contributed by atoms with Gasteiger partial charge in [0.2, 0.25) is 0 Å². The Morgan fingerprint density at radius 3 is 2.69 bits per heavy atom. The fourth-order valence-corrected chi connectivity index (χ4v) is 5.15. The number of benzene rings is 1. The van der Waals surface area contributed by atoms with Crippen LogP contribution in [0.3, 0.4) is 0 Å². The molecule has 1 atom stereocenters. The molecular formula is C17H18ClN3O3S2. The van der Waals surface area contributed by atoms with Crippen LogP contribution in [-0.4, -0.2) is 53.0 Å². The van der Waals surface area contributed by atoms with E-state index in [0.29, 0.717) is 18.1 Å². The maximum atomic E-state index is 13.2. The fraction of sp³-hybridized carbons (Fsp3) is 0.353. The quantitative estimate of drug-likeness (QED) is 0.555. The predicted molar refractivity (Wildman–Crippen MR) is 102 cm³/mol. The fourth-order valence-electron chi connectivity index (χ4n) is 2.90. The average Bonchev–Trinajstić information content (AvgIpc) is 3.00. The Bertz CT molecular complexity index is 907. The van der Waals surface area contributed by atoms with Crippen molar-refractivity contribution in [1.29, 1.82) is 0 Å². The standard InChI is InChI=1S/C17H18ClN3O3S2/c1-25-17-19-9-14(18)15(20-17)16(22)21(10-12-5-3-2-4-6-12)13-7-8-26(23,24)11-13/h2-6,9,13H,7-8,10-11H2,1H3/t13-/m1/s1. The molecule has 2 aromatic rings. The summed E-state index contributed by atoms with van der Waals surface area (Å²) in [6, 6.07) is 9.06. The largest absolute Gasteiger partial charge is 0.329 e. The van der Waals surface area contributed by atoms with Gasteiger partial charge in [-0.25, -0.2) is 18.4 Å². The summed E-state index contributed by atoms with van der Waals surface area (Å²) in [5.41, 5.74) is 1.02. The zero-order chi connectivity index (χ0) is 18.7. The minimum Gasteiger partial charge on any atom is -0.329 e. The Kier molecular flexibility index (Phi) is 5.84. The number of rotatable bonds is 5. The second-order valence-electron chi connectivity index (χ2n) is 6.03. The van der Waals surface area contributed by atoms with Crippen LogP contribution in [0.4, 0.5) is 0 Å². The van der Waals surface area contributed by atoms with E-state index in [2.05, 4.69) is 9.97 Å². The smallest absolute Gasteiger partial charge is 0.274 e. The number of carbonyl (C=O) groups is 1. The molecule has 1 aromatic heterocycles. The second kappa shape index (κ2) is 7.94. The van der Waals surface area contributed by atoms with Gasteiger partial charge in [-0.2, -0.15) is 0 Å². The van der Waals surface area contributed by atoms with Crippen LogP contribution in [-0.2, 0) is 16.4 Å². The number of aromatic nitrogens is 2. The Balaban J connectivity index is 1.96. The Hall–Kier alpha value is -1.64. The summed E-state index contributed by atoms with van der Waals surface area (Å²) in [6.45, 7) is 0.300. The van der Waals surface area contributed by atoms with Gasteiger partial charge in [-0.1, -0.05) is 53.7 Å². The van der Waals surface area contributed by atoms with E-state index < -0.39 is 15.9 Å². The molecule has 1 amide bonds. The van der Waals surface area contributed by atoms with Crippen molar-refractivity contribution in [2.75, 3.05) is 17.8 Å². The number of nitrogens with zero attached hydrogens (tertiary/aromatic N) is 3. The zero-order valence-electron chi connectivity index (χ0n) is 14.1. The lowest BCUT2D eigenvalue weighted by atomic mass is 10.1. The van der Waals surface area contributed by atoms with Gasteiger partial charge in [0.25, 0.3) is 5.91 Å². The molecule has 0 saturated carbocycles. The molecule has 0 bridgehead atoms. The van der Waals surface area contributed by atoms with E-state index in [1.807, 2.05) is 36.6 Å². The van der Waals surface area contributed by atoms with Crippen LogP contribution < -0.4 is 0 Å². The number of hydrogen-bond acceptors (Lipinski definition) is 6. The van der Waals surface area contributed by atoms with Crippen LogP contribution in [0.15, 0.2) is 41.7 Å². The van der Waals surface area contributed by atoms with E-state index in [0.717, 1.165) is 5.56 Å². The van der Waals surface area contributed by atoms with Crippen molar-refractivity contribution in [2.24, 2.45) is 0 Å².